The standard InChI is InChI=1S/C11H8ClFN2O2S/c12-9-4-1-5-10(13)11(9)15-18(16,17)8-3-2-6-14-7-8/h1-7,15H. The molecule has 0 amide bonds. The van der Waals surface area contributed by atoms with Crippen molar-refractivity contribution in [3.8, 4) is 0 Å². The summed E-state index contributed by atoms with van der Waals surface area (Å²) >= 11 is 5.74. The highest BCUT2D eigenvalue weighted by molar-refractivity contribution is 7.92. The molecule has 0 bridgehead atoms. The molecule has 0 atom stereocenters. The molecule has 0 aliphatic carbocycles. The van der Waals surface area contributed by atoms with E-state index in [0.717, 1.165) is 12.3 Å². The van der Waals surface area contributed by atoms with Crippen LogP contribution in [0.5, 0.6) is 0 Å². The van der Waals surface area contributed by atoms with Crippen LogP contribution in [-0.4, -0.2) is 13.4 Å². The van der Waals surface area contributed by atoms with Crippen molar-refractivity contribution in [2.24, 2.45) is 0 Å². The molecule has 0 saturated carbocycles. The Morgan fingerprint density at radius 2 is 2.00 bits per heavy atom. The maximum absolute atomic E-state index is 13.5. The summed E-state index contributed by atoms with van der Waals surface area (Å²) < 4.78 is 39.4. The predicted molar refractivity (Wildman–Crippen MR) is 66.5 cm³/mol. The number of para-hydroxylation sites is 1. The van der Waals surface area contributed by atoms with Gasteiger partial charge < -0.3 is 0 Å². The third-order valence-corrected chi connectivity index (χ3v) is 3.79. The van der Waals surface area contributed by atoms with E-state index in [9.17, 15) is 12.8 Å². The average Bonchev–Trinajstić information content (AvgIpc) is 2.35. The van der Waals surface area contributed by atoms with Gasteiger partial charge in [0.15, 0.2) is 0 Å². The maximum atomic E-state index is 13.5. The fourth-order valence-corrected chi connectivity index (χ4v) is 2.61. The van der Waals surface area contributed by atoms with Gasteiger partial charge in [0.2, 0.25) is 0 Å². The number of aromatic nitrogens is 1. The maximum Gasteiger partial charge on any atom is 0.263 e. The number of sulfonamides is 1. The summed E-state index contributed by atoms with van der Waals surface area (Å²) in [4.78, 5) is 3.63. The number of halogens is 2. The van der Waals surface area contributed by atoms with Crippen LogP contribution in [0.25, 0.3) is 0 Å². The highest BCUT2D eigenvalue weighted by Gasteiger charge is 2.18. The molecule has 0 spiro atoms. The van der Waals surface area contributed by atoms with Gasteiger partial charge in [-0.1, -0.05) is 17.7 Å². The van der Waals surface area contributed by atoms with Gasteiger partial charge in [-0.2, -0.15) is 0 Å². The van der Waals surface area contributed by atoms with Crippen LogP contribution in [-0.2, 0) is 10.0 Å². The van der Waals surface area contributed by atoms with Gasteiger partial charge in [0.1, 0.15) is 16.4 Å². The molecule has 1 aromatic carbocycles. The lowest BCUT2D eigenvalue weighted by Crippen LogP contribution is -2.14. The molecule has 94 valence electrons. The second-order valence-electron chi connectivity index (χ2n) is 3.39. The monoisotopic (exact) mass is 286 g/mol. The summed E-state index contributed by atoms with van der Waals surface area (Å²) in [5.74, 6) is -0.741. The Kier molecular flexibility index (Phi) is 3.49. The van der Waals surface area contributed by atoms with Crippen molar-refractivity contribution in [2.75, 3.05) is 4.72 Å². The van der Waals surface area contributed by atoms with E-state index in [0.29, 0.717) is 0 Å². The van der Waals surface area contributed by atoms with E-state index >= 15 is 0 Å². The van der Waals surface area contributed by atoms with Gasteiger partial charge >= 0.3 is 0 Å². The van der Waals surface area contributed by atoms with Crippen LogP contribution < -0.4 is 4.72 Å². The smallest absolute Gasteiger partial charge is 0.263 e. The number of nitrogens with one attached hydrogen (secondary N) is 1. The minimum absolute atomic E-state index is 0.0116. The van der Waals surface area contributed by atoms with Crippen LogP contribution in [0.3, 0.4) is 0 Å². The minimum atomic E-state index is -3.90. The molecule has 0 saturated heterocycles. The Labute approximate surface area is 108 Å². The topological polar surface area (TPSA) is 59.1 Å². The molecule has 7 heteroatoms. The summed E-state index contributed by atoms with van der Waals surface area (Å²) in [5, 5.41) is -0.0116. The van der Waals surface area contributed by atoms with Gasteiger partial charge in [-0.15, -0.1) is 0 Å². The van der Waals surface area contributed by atoms with Crippen molar-refractivity contribution >= 4 is 27.3 Å². The van der Waals surface area contributed by atoms with Gasteiger partial charge in [0, 0.05) is 12.4 Å². The fourth-order valence-electron chi connectivity index (χ4n) is 1.29. The Bertz CT molecular complexity index is 642. The largest absolute Gasteiger partial charge is 0.275 e. The Hall–Kier alpha value is -1.66. The summed E-state index contributed by atoms with van der Waals surface area (Å²) in [7, 11) is -3.90. The van der Waals surface area contributed by atoms with Crippen molar-refractivity contribution in [1.82, 2.24) is 4.98 Å². The summed E-state index contributed by atoms with van der Waals surface area (Å²) in [6.45, 7) is 0. The second kappa shape index (κ2) is 4.91. The molecule has 18 heavy (non-hydrogen) atoms. The third kappa shape index (κ3) is 2.60. The number of nitrogens with zero attached hydrogens (tertiary/aromatic N) is 1. The molecule has 1 aromatic heterocycles. The normalized spacial score (nSPS) is 11.2. The van der Waals surface area contributed by atoms with Gasteiger partial charge in [-0.3, -0.25) is 9.71 Å². The Morgan fingerprint density at radius 1 is 1.22 bits per heavy atom. The fraction of sp³-hybridized carbons (Fsp3) is 0. The number of benzene rings is 1. The van der Waals surface area contributed by atoms with E-state index in [4.69, 9.17) is 11.6 Å². The van der Waals surface area contributed by atoms with Gasteiger partial charge in [-0.05, 0) is 24.3 Å². The summed E-state index contributed by atoms with van der Waals surface area (Å²) in [6.07, 6.45) is 2.60. The highest BCUT2D eigenvalue weighted by atomic mass is 35.5. The van der Waals surface area contributed by atoms with Crippen molar-refractivity contribution in [3.63, 3.8) is 0 Å². The number of hydrogen-bond acceptors (Lipinski definition) is 3. The molecular weight excluding hydrogens is 279 g/mol. The molecule has 0 radical (unpaired) electrons. The van der Waals surface area contributed by atoms with Gasteiger partial charge in [-0.25, -0.2) is 12.8 Å². The first-order valence-corrected chi connectivity index (χ1v) is 6.74. The minimum Gasteiger partial charge on any atom is -0.275 e. The lowest BCUT2D eigenvalue weighted by Gasteiger charge is -2.09. The number of rotatable bonds is 3. The molecular formula is C11H8ClFN2O2S. The van der Waals surface area contributed by atoms with Crippen molar-refractivity contribution < 1.29 is 12.8 Å². The van der Waals surface area contributed by atoms with Crippen LogP contribution in [0, 0.1) is 5.82 Å². The zero-order valence-corrected chi connectivity index (χ0v) is 10.5. The van der Waals surface area contributed by atoms with Gasteiger partial charge in [0.05, 0.1) is 5.02 Å². The van der Waals surface area contributed by atoms with E-state index in [2.05, 4.69) is 9.71 Å². The Balaban J connectivity index is 2.41. The zero-order valence-electron chi connectivity index (χ0n) is 8.97. The van der Waals surface area contributed by atoms with Crippen LogP contribution in [0.4, 0.5) is 10.1 Å². The molecule has 4 nitrogen and oxygen atoms in total. The van der Waals surface area contributed by atoms with E-state index in [1.165, 1.54) is 30.5 Å². The van der Waals surface area contributed by atoms with Crippen LogP contribution in [0.15, 0.2) is 47.6 Å². The molecule has 0 fully saturated rings. The number of anilines is 1. The van der Waals surface area contributed by atoms with E-state index in [1.54, 1.807) is 0 Å². The SMILES string of the molecule is O=S(=O)(Nc1c(F)cccc1Cl)c1cccnc1. The van der Waals surface area contributed by atoms with Gasteiger partial charge in [0.25, 0.3) is 10.0 Å². The second-order valence-corrected chi connectivity index (χ2v) is 5.48. The molecule has 0 unspecified atom stereocenters. The molecule has 0 aliphatic rings. The van der Waals surface area contributed by atoms with Crippen molar-refractivity contribution in [1.29, 1.82) is 0 Å². The van der Waals surface area contributed by atoms with Crippen LogP contribution >= 0.6 is 11.6 Å². The first-order valence-electron chi connectivity index (χ1n) is 4.87. The quantitative estimate of drug-likeness (QED) is 0.944. The molecule has 1 heterocycles. The number of pyridine rings is 1. The highest BCUT2D eigenvalue weighted by Crippen LogP contribution is 2.26. The predicted octanol–water partition coefficient (Wildman–Crippen LogP) is 2.67. The molecule has 2 rings (SSSR count). The zero-order chi connectivity index (χ0) is 13.2. The first kappa shape index (κ1) is 12.8. The van der Waals surface area contributed by atoms with Crippen LogP contribution in [0.1, 0.15) is 0 Å². The number of hydrogen-bond donors (Lipinski definition) is 1. The van der Waals surface area contributed by atoms with E-state index in [1.807, 2.05) is 0 Å². The molecule has 0 aliphatic heterocycles. The molecule has 2 aromatic rings. The summed E-state index contributed by atoms with van der Waals surface area (Å²) in [6, 6.07) is 6.72. The van der Waals surface area contributed by atoms with Crippen molar-refractivity contribution in [3.05, 3.63) is 53.6 Å². The average molecular weight is 287 g/mol. The van der Waals surface area contributed by atoms with Crippen molar-refractivity contribution in [2.45, 2.75) is 4.90 Å². The lowest BCUT2D eigenvalue weighted by atomic mass is 10.3. The molecule has 1 N–H and O–H groups in total. The Morgan fingerprint density at radius 3 is 2.61 bits per heavy atom. The van der Waals surface area contributed by atoms with Crippen LogP contribution in [0.2, 0.25) is 5.02 Å². The third-order valence-electron chi connectivity index (χ3n) is 2.14. The van der Waals surface area contributed by atoms with E-state index in [-0.39, 0.29) is 15.6 Å². The van der Waals surface area contributed by atoms with E-state index < -0.39 is 15.8 Å². The first-order chi connectivity index (χ1) is 8.50. The lowest BCUT2D eigenvalue weighted by molar-refractivity contribution is 0.598. The summed E-state index contributed by atoms with van der Waals surface area (Å²) in [5.41, 5.74) is -0.275.